The average Bonchev–Trinajstić information content (AvgIpc) is 2.84. The molecule has 2 aliphatic rings. The van der Waals surface area contributed by atoms with Gasteiger partial charge in [0.15, 0.2) is 5.78 Å². The Labute approximate surface area is 225 Å². The topological polar surface area (TPSA) is 68.3 Å². The fourth-order valence-corrected chi connectivity index (χ4v) is 6.58. The Balaban J connectivity index is 0.000000364. The Morgan fingerprint density at radius 2 is 1.65 bits per heavy atom. The predicted octanol–water partition coefficient (Wildman–Crippen LogP) is 8.06. The van der Waals surface area contributed by atoms with Crippen LogP contribution in [0.25, 0.3) is 0 Å². The molecule has 0 bridgehead atoms. The zero-order valence-corrected chi connectivity index (χ0v) is 24.1. The van der Waals surface area contributed by atoms with Crippen LogP contribution < -0.4 is 0 Å². The summed E-state index contributed by atoms with van der Waals surface area (Å²) in [7, 11) is 0. The molecule has 0 saturated heterocycles. The summed E-state index contributed by atoms with van der Waals surface area (Å²) in [6, 6.07) is 6.10. The highest BCUT2D eigenvalue weighted by molar-refractivity contribution is 6.00. The van der Waals surface area contributed by atoms with Gasteiger partial charge in [-0.25, -0.2) is 0 Å². The van der Waals surface area contributed by atoms with Gasteiger partial charge in [-0.05, 0) is 75.3 Å². The van der Waals surface area contributed by atoms with E-state index in [-0.39, 0.29) is 35.6 Å². The number of carbonyl (C=O) groups excluding carboxylic acids is 4. The van der Waals surface area contributed by atoms with Gasteiger partial charge in [0, 0.05) is 24.3 Å². The van der Waals surface area contributed by atoms with Gasteiger partial charge in [-0.15, -0.1) is 0 Å². The molecule has 1 aromatic rings. The number of benzene rings is 1. The molecule has 1 fully saturated rings. The van der Waals surface area contributed by atoms with E-state index in [0.29, 0.717) is 18.1 Å². The summed E-state index contributed by atoms with van der Waals surface area (Å²) in [5, 5.41) is 0. The van der Waals surface area contributed by atoms with E-state index in [9.17, 15) is 19.2 Å². The Kier molecular flexibility index (Phi) is 13.5. The lowest BCUT2D eigenvalue weighted by atomic mass is 9.72. The first-order chi connectivity index (χ1) is 17.7. The molecule has 3 atom stereocenters. The Bertz CT molecular complexity index is 909. The molecule has 4 nitrogen and oxygen atoms in total. The minimum Gasteiger partial charge on any atom is -0.300 e. The summed E-state index contributed by atoms with van der Waals surface area (Å²) >= 11 is 0. The zero-order valence-electron chi connectivity index (χ0n) is 24.1. The molecule has 0 heterocycles. The summed E-state index contributed by atoms with van der Waals surface area (Å²) < 4.78 is 0. The second-order valence-electron chi connectivity index (χ2n) is 11.7. The Hall–Kier alpha value is -2.10. The monoisotopic (exact) mass is 510 g/mol. The predicted molar refractivity (Wildman–Crippen MR) is 151 cm³/mol. The number of Topliss-reactive ketones (excluding diaryl/α,β-unsaturated/α-hetero) is 4. The maximum Gasteiger partial charge on any atom is 0.163 e. The van der Waals surface area contributed by atoms with Crippen LogP contribution in [0.4, 0.5) is 0 Å². The summed E-state index contributed by atoms with van der Waals surface area (Å²) in [4.78, 5) is 47.3. The molecular formula is C33H50O4. The van der Waals surface area contributed by atoms with Gasteiger partial charge in [0.05, 0.1) is 6.42 Å². The van der Waals surface area contributed by atoms with Gasteiger partial charge in [-0.1, -0.05) is 77.0 Å². The van der Waals surface area contributed by atoms with E-state index in [1.165, 1.54) is 39.0 Å². The van der Waals surface area contributed by atoms with E-state index in [4.69, 9.17) is 0 Å². The van der Waals surface area contributed by atoms with Crippen molar-refractivity contribution in [1.82, 2.24) is 0 Å². The maximum atomic E-state index is 12.7. The number of hydrogen-bond donors (Lipinski definition) is 0. The first-order valence-corrected chi connectivity index (χ1v) is 14.8. The zero-order chi connectivity index (χ0) is 27.4. The van der Waals surface area contributed by atoms with Gasteiger partial charge < -0.3 is 4.79 Å². The fraction of sp³-hybridized carbons (Fsp3) is 0.697. The molecule has 0 radical (unpaired) electrons. The molecule has 0 amide bonds. The lowest BCUT2D eigenvalue weighted by Crippen LogP contribution is -2.29. The van der Waals surface area contributed by atoms with Crippen LogP contribution in [0.5, 0.6) is 0 Å². The van der Waals surface area contributed by atoms with Crippen molar-refractivity contribution < 1.29 is 19.2 Å². The highest BCUT2D eigenvalue weighted by Crippen LogP contribution is 2.36. The van der Waals surface area contributed by atoms with E-state index in [1.54, 1.807) is 6.92 Å². The fourth-order valence-electron chi connectivity index (χ4n) is 6.58. The van der Waals surface area contributed by atoms with Gasteiger partial charge in [0.25, 0.3) is 0 Å². The van der Waals surface area contributed by atoms with Gasteiger partial charge >= 0.3 is 0 Å². The van der Waals surface area contributed by atoms with Crippen LogP contribution in [0.15, 0.2) is 18.2 Å². The van der Waals surface area contributed by atoms with Crippen molar-refractivity contribution >= 4 is 23.1 Å². The lowest BCUT2D eigenvalue weighted by molar-refractivity contribution is -0.130. The second kappa shape index (κ2) is 16.0. The molecule has 206 valence electrons. The van der Waals surface area contributed by atoms with Crippen LogP contribution in [0.2, 0.25) is 0 Å². The Morgan fingerprint density at radius 1 is 0.946 bits per heavy atom. The van der Waals surface area contributed by atoms with Gasteiger partial charge in [-0.2, -0.15) is 0 Å². The first kappa shape index (κ1) is 31.1. The van der Waals surface area contributed by atoms with Crippen LogP contribution in [-0.4, -0.2) is 23.1 Å². The number of fused-ring (bicyclic) bond motifs is 1. The molecule has 1 aromatic carbocycles. The number of ketones is 4. The summed E-state index contributed by atoms with van der Waals surface area (Å²) in [6.07, 6.45) is 14.1. The van der Waals surface area contributed by atoms with E-state index >= 15 is 0 Å². The van der Waals surface area contributed by atoms with Gasteiger partial charge in [0.1, 0.15) is 17.3 Å². The number of hydrogen-bond acceptors (Lipinski definition) is 4. The van der Waals surface area contributed by atoms with E-state index in [1.807, 2.05) is 26.0 Å². The van der Waals surface area contributed by atoms with Crippen LogP contribution in [-0.2, 0) is 20.8 Å². The van der Waals surface area contributed by atoms with Crippen molar-refractivity contribution in [2.75, 3.05) is 0 Å². The van der Waals surface area contributed by atoms with Crippen molar-refractivity contribution in [2.24, 2.45) is 23.7 Å². The van der Waals surface area contributed by atoms with Crippen molar-refractivity contribution in [3.8, 4) is 0 Å². The molecule has 0 N–H and O–H groups in total. The standard InChI is InChI=1S/C23H32O3.C10H18O/c1-5-8-18(20(6-2)21(25)11-16(4)24)12-17-13-19-10-7-9-15(3)23(19)22(26)14-17;1-9(11)7-8-10-5-3-2-4-6-10/h7,9-10,17-18,20H,5-6,8,11-14H2,1-4H3;10H,2-8H2,1H3. The molecule has 4 heteroatoms. The third kappa shape index (κ3) is 10.3. The molecule has 0 spiro atoms. The smallest absolute Gasteiger partial charge is 0.163 e. The lowest BCUT2D eigenvalue weighted by Gasteiger charge is -2.31. The van der Waals surface area contributed by atoms with Crippen molar-refractivity contribution in [2.45, 2.75) is 125 Å². The van der Waals surface area contributed by atoms with Crippen molar-refractivity contribution in [3.05, 3.63) is 34.9 Å². The first-order valence-electron chi connectivity index (χ1n) is 14.8. The number of aryl methyl sites for hydroxylation is 1. The molecule has 3 rings (SSSR count). The molecular weight excluding hydrogens is 460 g/mol. The minimum atomic E-state index is -0.0622. The SMILES string of the molecule is CC(=O)CCC1CCCCC1.CCCC(CC1CC(=O)c2c(C)cccc2C1)C(CC)C(=O)CC(C)=O. The summed E-state index contributed by atoms with van der Waals surface area (Å²) in [5.41, 5.74) is 3.14. The quantitative estimate of drug-likeness (QED) is 0.267. The van der Waals surface area contributed by atoms with Crippen LogP contribution in [0.1, 0.15) is 133 Å². The summed E-state index contributed by atoms with van der Waals surface area (Å²) in [5.74, 6) is 2.00. The molecule has 37 heavy (non-hydrogen) atoms. The highest BCUT2D eigenvalue weighted by Gasteiger charge is 2.32. The molecule has 1 saturated carbocycles. The minimum absolute atomic E-state index is 0.0460. The number of rotatable bonds is 12. The average molecular weight is 511 g/mol. The molecule has 3 unspecified atom stereocenters. The van der Waals surface area contributed by atoms with E-state index in [2.05, 4.69) is 13.0 Å². The summed E-state index contributed by atoms with van der Waals surface area (Å²) in [6.45, 7) is 9.36. The third-order valence-corrected chi connectivity index (χ3v) is 8.39. The Morgan fingerprint density at radius 3 is 2.24 bits per heavy atom. The normalized spacial score (nSPS) is 19.3. The van der Waals surface area contributed by atoms with Crippen molar-refractivity contribution in [3.63, 3.8) is 0 Å². The van der Waals surface area contributed by atoms with Crippen LogP contribution in [0.3, 0.4) is 0 Å². The highest BCUT2D eigenvalue weighted by atomic mass is 16.1. The van der Waals surface area contributed by atoms with Crippen LogP contribution in [0, 0.1) is 30.6 Å². The van der Waals surface area contributed by atoms with E-state index in [0.717, 1.165) is 67.6 Å². The largest absolute Gasteiger partial charge is 0.300 e. The van der Waals surface area contributed by atoms with Gasteiger partial charge in [-0.3, -0.25) is 14.4 Å². The molecule has 0 aromatic heterocycles. The number of carbonyl (C=O) groups is 4. The molecule has 0 aliphatic heterocycles. The second-order valence-corrected chi connectivity index (χ2v) is 11.7. The van der Waals surface area contributed by atoms with Crippen LogP contribution >= 0.6 is 0 Å². The third-order valence-electron chi connectivity index (χ3n) is 8.39. The molecule has 2 aliphatic carbocycles. The van der Waals surface area contributed by atoms with Crippen molar-refractivity contribution in [1.29, 1.82) is 0 Å². The van der Waals surface area contributed by atoms with E-state index < -0.39 is 0 Å². The maximum absolute atomic E-state index is 12.7. The van der Waals surface area contributed by atoms with Gasteiger partial charge in [0.2, 0.25) is 0 Å².